The van der Waals surface area contributed by atoms with Crippen LogP contribution in [0.2, 0.25) is 5.02 Å². The van der Waals surface area contributed by atoms with Gasteiger partial charge in [0.15, 0.2) is 0 Å². The Kier molecular flexibility index (Phi) is 5.29. The molecule has 0 aromatic heterocycles. The number of nitrogens with one attached hydrogen (secondary N) is 1. The smallest absolute Gasteiger partial charge is 0.229 e. The zero-order valence-electron chi connectivity index (χ0n) is 16.2. The van der Waals surface area contributed by atoms with E-state index in [1.165, 1.54) is 0 Å². The highest BCUT2D eigenvalue weighted by molar-refractivity contribution is 6.31. The van der Waals surface area contributed by atoms with Crippen molar-refractivity contribution in [2.24, 2.45) is 5.92 Å². The molecule has 1 aliphatic rings. The summed E-state index contributed by atoms with van der Waals surface area (Å²) < 4.78 is 0. The maximum absolute atomic E-state index is 12.7. The molecule has 2 amide bonds. The number of benzene rings is 2. The van der Waals surface area contributed by atoms with Crippen molar-refractivity contribution in [1.29, 1.82) is 0 Å². The molecule has 1 aliphatic heterocycles. The summed E-state index contributed by atoms with van der Waals surface area (Å²) in [6.07, 6.45) is 0.212. The number of halogens is 1. The Balaban J connectivity index is 1.80. The standard InChI is InChI=1S/C22H25ClN2O2/c1-14-17(23)9-7-10-18(14)24-21(27)15-12-20(26)25(13-15)19-11-6-5-8-16(19)22(2,3)4/h5-11,15H,12-13H2,1-4H3,(H,24,27). The predicted molar refractivity (Wildman–Crippen MR) is 110 cm³/mol. The maximum atomic E-state index is 12.7. The first-order valence-electron chi connectivity index (χ1n) is 9.14. The van der Waals surface area contributed by atoms with Gasteiger partial charge >= 0.3 is 0 Å². The second-order valence-corrected chi connectivity index (χ2v) is 8.48. The van der Waals surface area contributed by atoms with Crippen molar-refractivity contribution in [3.8, 4) is 0 Å². The minimum atomic E-state index is -0.385. The van der Waals surface area contributed by atoms with E-state index in [0.717, 1.165) is 16.8 Å². The fourth-order valence-corrected chi connectivity index (χ4v) is 3.61. The Bertz CT molecular complexity index is 886. The van der Waals surface area contributed by atoms with Gasteiger partial charge in [-0.3, -0.25) is 9.59 Å². The molecule has 0 spiro atoms. The number of anilines is 2. The fraction of sp³-hybridized carbons (Fsp3) is 0.364. The van der Waals surface area contributed by atoms with Crippen LogP contribution in [0.5, 0.6) is 0 Å². The number of para-hydroxylation sites is 1. The van der Waals surface area contributed by atoms with Gasteiger partial charge in [0.25, 0.3) is 0 Å². The number of carbonyl (C=O) groups is 2. The van der Waals surface area contributed by atoms with Crippen molar-refractivity contribution in [1.82, 2.24) is 0 Å². The minimum Gasteiger partial charge on any atom is -0.325 e. The molecule has 1 atom stereocenters. The van der Waals surface area contributed by atoms with E-state index in [4.69, 9.17) is 11.6 Å². The summed E-state index contributed by atoms with van der Waals surface area (Å²) in [5.41, 5.74) is 3.42. The summed E-state index contributed by atoms with van der Waals surface area (Å²) in [4.78, 5) is 27.2. The largest absolute Gasteiger partial charge is 0.325 e. The Hall–Kier alpha value is -2.33. The van der Waals surface area contributed by atoms with Gasteiger partial charge in [-0.15, -0.1) is 0 Å². The number of hydrogen-bond acceptors (Lipinski definition) is 2. The molecule has 0 radical (unpaired) electrons. The molecule has 1 heterocycles. The third kappa shape index (κ3) is 4.01. The molecule has 0 saturated carbocycles. The molecule has 27 heavy (non-hydrogen) atoms. The Morgan fingerprint density at radius 3 is 2.56 bits per heavy atom. The van der Waals surface area contributed by atoms with Gasteiger partial charge in [0, 0.05) is 29.4 Å². The normalized spacial score (nSPS) is 17.3. The summed E-state index contributed by atoms with van der Waals surface area (Å²) in [6, 6.07) is 13.3. The SMILES string of the molecule is Cc1c(Cl)cccc1NC(=O)C1CC(=O)N(c2ccccc2C(C)(C)C)C1. The van der Waals surface area contributed by atoms with Gasteiger partial charge in [0.2, 0.25) is 11.8 Å². The molecule has 2 aromatic carbocycles. The van der Waals surface area contributed by atoms with Gasteiger partial charge in [-0.2, -0.15) is 0 Å². The lowest BCUT2D eigenvalue weighted by Gasteiger charge is -2.27. The van der Waals surface area contributed by atoms with Gasteiger partial charge < -0.3 is 10.2 Å². The number of carbonyl (C=O) groups excluding carboxylic acids is 2. The third-order valence-corrected chi connectivity index (χ3v) is 5.43. The first-order chi connectivity index (χ1) is 12.7. The number of nitrogens with zero attached hydrogens (tertiary/aromatic N) is 1. The van der Waals surface area contributed by atoms with E-state index in [2.05, 4.69) is 26.1 Å². The highest BCUT2D eigenvalue weighted by atomic mass is 35.5. The van der Waals surface area contributed by atoms with Crippen molar-refractivity contribution >= 4 is 34.8 Å². The number of hydrogen-bond donors (Lipinski definition) is 1. The molecule has 1 unspecified atom stereocenters. The molecular weight excluding hydrogens is 360 g/mol. The van der Waals surface area contributed by atoms with Gasteiger partial charge in [-0.25, -0.2) is 0 Å². The Morgan fingerprint density at radius 1 is 1.15 bits per heavy atom. The molecule has 4 nitrogen and oxygen atoms in total. The van der Waals surface area contributed by atoms with Gasteiger partial charge in [0.1, 0.15) is 0 Å². The lowest BCUT2D eigenvalue weighted by Crippen LogP contribution is -2.30. The van der Waals surface area contributed by atoms with Crippen LogP contribution in [0.3, 0.4) is 0 Å². The second kappa shape index (κ2) is 7.35. The highest BCUT2D eigenvalue weighted by Crippen LogP contribution is 2.35. The van der Waals surface area contributed by atoms with Crippen LogP contribution in [0.15, 0.2) is 42.5 Å². The minimum absolute atomic E-state index is 0.0188. The van der Waals surface area contributed by atoms with E-state index in [1.807, 2.05) is 37.3 Å². The van der Waals surface area contributed by atoms with Crippen LogP contribution in [-0.2, 0) is 15.0 Å². The first kappa shape index (κ1) is 19.4. The molecule has 1 fully saturated rings. The molecule has 5 heteroatoms. The molecule has 3 rings (SSSR count). The predicted octanol–water partition coefficient (Wildman–Crippen LogP) is 4.94. The summed E-state index contributed by atoms with van der Waals surface area (Å²) in [6.45, 7) is 8.62. The second-order valence-electron chi connectivity index (χ2n) is 8.07. The first-order valence-corrected chi connectivity index (χ1v) is 9.52. The van der Waals surface area contributed by atoms with Gasteiger partial charge in [-0.05, 0) is 41.7 Å². The van der Waals surface area contributed by atoms with Crippen LogP contribution in [0.1, 0.15) is 38.3 Å². The lowest BCUT2D eigenvalue weighted by molar-refractivity contribution is -0.122. The number of amides is 2. The van der Waals surface area contributed by atoms with Crippen molar-refractivity contribution in [3.63, 3.8) is 0 Å². The van der Waals surface area contributed by atoms with Gasteiger partial charge in [-0.1, -0.05) is 56.6 Å². The number of rotatable bonds is 3. The lowest BCUT2D eigenvalue weighted by atomic mass is 9.85. The van der Waals surface area contributed by atoms with E-state index in [1.54, 1.807) is 17.0 Å². The fourth-order valence-electron chi connectivity index (χ4n) is 3.44. The summed E-state index contributed by atoms with van der Waals surface area (Å²) >= 11 is 6.13. The van der Waals surface area contributed by atoms with Crippen LogP contribution in [0.25, 0.3) is 0 Å². The molecule has 1 N–H and O–H groups in total. The topological polar surface area (TPSA) is 49.4 Å². The van der Waals surface area contributed by atoms with E-state index >= 15 is 0 Å². The molecule has 2 aromatic rings. The van der Waals surface area contributed by atoms with Crippen LogP contribution < -0.4 is 10.2 Å². The molecule has 0 bridgehead atoms. The molecule has 142 valence electrons. The average Bonchev–Trinajstić information content (AvgIpc) is 3.00. The highest BCUT2D eigenvalue weighted by Gasteiger charge is 2.37. The van der Waals surface area contributed by atoms with E-state index < -0.39 is 0 Å². The van der Waals surface area contributed by atoms with Crippen LogP contribution >= 0.6 is 11.6 Å². The third-order valence-electron chi connectivity index (χ3n) is 5.02. The van der Waals surface area contributed by atoms with Crippen molar-refractivity contribution in [2.75, 3.05) is 16.8 Å². The summed E-state index contributed by atoms with van der Waals surface area (Å²) in [5, 5.41) is 3.54. The Labute approximate surface area is 165 Å². The van der Waals surface area contributed by atoms with E-state index in [0.29, 0.717) is 17.3 Å². The molecule has 1 saturated heterocycles. The van der Waals surface area contributed by atoms with Crippen LogP contribution in [0, 0.1) is 12.8 Å². The van der Waals surface area contributed by atoms with Crippen molar-refractivity contribution in [3.05, 3.63) is 58.6 Å². The zero-order chi connectivity index (χ0) is 19.8. The Morgan fingerprint density at radius 2 is 1.85 bits per heavy atom. The van der Waals surface area contributed by atoms with Gasteiger partial charge in [0.05, 0.1) is 5.92 Å². The molecular formula is C22H25ClN2O2. The van der Waals surface area contributed by atoms with Crippen molar-refractivity contribution in [2.45, 2.75) is 39.5 Å². The zero-order valence-corrected chi connectivity index (χ0v) is 16.9. The van der Waals surface area contributed by atoms with E-state index in [-0.39, 0.29) is 29.6 Å². The van der Waals surface area contributed by atoms with Crippen LogP contribution in [0.4, 0.5) is 11.4 Å². The van der Waals surface area contributed by atoms with E-state index in [9.17, 15) is 9.59 Å². The summed E-state index contributed by atoms with van der Waals surface area (Å²) in [7, 11) is 0. The maximum Gasteiger partial charge on any atom is 0.229 e. The summed E-state index contributed by atoms with van der Waals surface area (Å²) in [5.74, 6) is -0.553. The monoisotopic (exact) mass is 384 g/mol. The quantitative estimate of drug-likeness (QED) is 0.814. The van der Waals surface area contributed by atoms with Crippen molar-refractivity contribution < 1.29 is 9.59 Å². The van der Waals surface area contributed by atoms with Crippen LogP contribution in [-0.4, -0.2) is 18.4 Å². The average molecular weight is 385 g/mol. The molecule has 0 aliphatic carbocycles.